The van der Waals surface area contributed by atoms with Gasteiger partial charge in [0.25, 0.3) is 0 Å². The Bertz CT molecular complexity index is 627. The highest BCUT2D eigenvalue weighted by Crippen LogP contribution is 2.40. The minimum absolute atomic E-state index is 0.0631. The van der Waals surface area contributed by atoms with Gasteiger partial charge in [-0.25, -0.2) is 0 Å². The van der Waals surface area contributed by atoms with Gasteiger partial charge in [0.05, 0.1) is 17.7 Å². The van der Waals surface area contributed by atoms with Crippen molar-refractivity contribution in [3.8, 4) is 6.07 Å². The van der Waals surface area contributed by atoms with E-state index in [-0.39, 0.29) is 11.3 Å². The number of carbonyl (C=O) groups excluding carboxylic acids is 1. The number of aliphatic hydroxyl groups excluding tert-OH is 1. The predicted octanol–water partition coefficient (Wildman–Crippen LogP) is 1.75. The van der Waals surface area contributed by atoms with Crippen LogP contribution in [0.1, 0.15) is 37.3 Å². The van der Waals surface area contributed by atoms with Crippen LogP contribution in [-0.2, 0) is 11.3 Å². The van der Waals surface area contributed by atoms with Crippen molar-refractivity contribution in [3.63, 3.8) is 0 Å². The van der Waals surface area contributed by atoms with E-state index in [1.807, 2.05) is 29.2 Å². The lowest BCUT2D eigenvalue weighted by Gasteiger charge is -2.49. The molecule has 0 radical (unpaired) electrons. The molecule has 2 saturated heterocycles. The number of benzene rings is 1. The Balaban J connectivity index is 1.58. The first kappa shape index (κ1) is 16.9. The number of carbonyl (C=O) groups is 1. The molecule has 1 aromatic rings. The van der Waals surface area contributed by atoms with E-state index >= 15 is 0 Å². The number of piperidine rings is 2. The standard InChI is InChI=1S/C19H25N3O2/c1-15(23)22-13-18(24)10-19(14-22)6-8-21(9-7-19)12-17-4-2-16(11-20)3-5-17/h2-5,18,24H,6-10,12-14H2,1H3. The number of nitrogens with zero attached hydrogens (tertiary/aromatic N) is 3. The summed E-state index contributed by atoms with van der Waals surface area (Å²) < 4.78 is 0. The maximum Gasteiger partial charge on any atom is 0.219 e. The van der Waals surface area contributed by atoms with Crippen LogP contribution in [0.15, 0.2) is 24.3 Å². The van der Waals surface area contributed by atoms with Crippen LogP contribution in [0.4, 0.5) is 0 Å². The van der Waals surface area contributed by atoms with Gasteiger partial charge in [-0.15, -0.1) is 0 Å². The lowest BCUT2D eigenvalue weighted by atomic mass is 9.71. The van der Waals surface area contributed by atoms with Crippen LogP contribution in [-0.4, -0.2) is 53.1 Å². The molecule has 1 aromatic carbocycles. The molecule has 0 bridgehead atoms. The Morgan fingerprint density at radius 2 is 2.00 bits per heavy atom. The zero-order valence-electron chi connectivity index (χ0n) is 14.2. The summed E-state index contributed by atoms with van der Waals surface area (Å²) in [4.78, 5) is 15.9. The summed E-state index contributed by atoms with van der Waals surface area (Å²) in [6, 6.07) is 9.91. The maximum absolute atomic E-state index is 11.7. The van der Waals surface area contributed by atoms with Gasteiger partial charge in [0.15, 0.2) is 0 Å². The second-order valence-corrected chi connectivity index (χ2v) is 7.34. The largest absolute Gasteiger partial charge is 0.391 e. The van der Waals surface area contributed by atoms with Crippen LogP contribution in [0.5, 0.6) is 0 Å². The van der Waals surface area contributed by atoms with E-state index < -0.39 is 6.10 Å². The molecule has 2 fully saturated rings. The summed E-state index contributed by atoms with van der Waals surface area (Å²) in [5.41, 5.74) is 1.99. The van der Waals surface area contributed by atoms with Crippen molar-refractivity contribution >= 4 is 5.91 Å². The molecule has 2 aliphatic rings. The lowest BCUT2D eigenvalue weighted by molar-refractivity contribution is -0.138. The van der Waals surface area contributed by atoms with Gasteiger partial charge in [-0.05, 0) is 55.5 Å². The zero-order chi connectivity index (χ0) is 17.2. The third kappa shape index (κ3) is 3.77. The van der Waals surface area contributed by atoms with E-state index in [9.17, 15) is 9.90 Å². The van der Waals surface area contributed by atoms with E-state index in [0.717, 1.165) is 45.4 Å². The molecule has 2 aliphatic heterocycles. The molecule has 1 unspecified atom stereocenters. The third-order valence-corrected chi connectivity index (χ3v) is 5.48. The molecule has 3 rings (SSSR count). The van der Waals surface area contributed by atoms with Gasteiger partial charge in [0.1, 0.15) is 0 Å². The van der Waals surface area contributed by atoms with Crippen molar-refractivity contribution in [2.45, 2.75) is 38.8 Å². The van der Waals surface area contributed by atoms with E-state index in [2.05, 4.69) is 11.0 Å². The monoisotopic (exact) mass is 327 g/mol. The molecule has 2 heterocycles. The van der Waals surface area contributed by atoms with Gasteiger partial charge in [-0.2, -0.15) is 5.26 Å². The molecule has 1 N–H and O–H groups in total. The van der Waals surface area contributed by atoms with Gasteiger partial charge in [0.2, 0.25) is 5.91 Å². The molecule has 1 atom stereocenters. The van der Waals surface area contributed by atoms with Crippen LogP contribution in [0.3, 0.4) is 0 Å². The Kier molecular flexibility index (Phi) is 4.88. The molecular formula is C19H25N3O2. The van der Waals surface area contributed by atoms with Crippen molar-refractivity contribution in [1.29, 1.82) is 5.26 Å². The number of β-amino-alcohol motifs (C(OH)–C–C–N with tert-alkyl or cyclic N) is 1. The number of likely N-dealkylation sites (tertiary alicyclic amines) is 2. The molecule has 1 spiro atoms. The van der Waals surface area contributed by atoms with E-state index in [1.165, 1.54) is 5.56 Å². The fraction of sp³-hybridized carbons (Fsp3) is 0.579. The van der Waals surface area contributed by atoms with Gasteiger partial charge < -0.3 is 10.0 Å². The normalized spacial score (nSPS) is 23.9. The van der Waals surface area contributed by atoms with Crippen molar-refractivity contribution in [3.05, 3.63) is 35.4 Å². The van der Waals surface area contributed by atoms with Crippen molar-refractivity contribution < 1.29 is 9.90 Å². The van der Waals surface area contributed by atoms with Crippen LogP contribution in [0.25, 0.3) is 0 Å². The summed E-state index contributed by atoms with van der Waals surface area (Å²) in [6.45, 7) is 5.71. The van der Waals surface area contributed by atoms with E-state index in [0.29, 0.717) is 12.1 Å². The second-order valence-electron chi connectivity index (χ2n) is 7.34. The molecule has 5 heteroatoms. The van der Waals surface area contributed by atoms with E-state index in [1.54, 1.807) is 6.92 Å². The number of aliphatic hydroxyl groups is 1. The lowest BCUT2D eigenvalue weighted by Crippen LogP contribution is -2.54. The molecule has 128 valence electrons. The minimum Gasteiger partial charge on any atom is -0.391 e. The average molecular weight is 327 g/mol. The molecule has 0 aromatic heterocycles. The maximum atomic E-state index is 11.7. The summed E-state index contributed by atoms with van der Waals surface area (Å²) in [5, 5.41) is 19.0. The van der Waals surface area contributed by atoms with E-state index in [4.69, 9.17) is 5.26 Å². The Labute approximate surface area is 143 Å². The summed E-state index contributed by atoms with van der Waals surface area (Å²) in [5.74, 6) is 0.0631. The number of hydrogen-bond acceptors (Lipinski definition) is 4. The smallest absolute Gasteiger partial charge is 0.219 e. The molecule has 24 heavy (non-hydrogen) atoms. The molecule has 1 amide bonds. The second kappa shape index (κ2) is 6.92. The third-order valence-electron chi connectivity index (χ3n) is 5.48. The number of amides is 1. The van der Waals surface area contributed by atoms with Crippen LogP contribution in [0.2, 0.25) is 0 Å². The Hall–Kier alpha value is -1.90. The van der Waals surface area contributed by atoms with Gasteiger partial charge >= 0.3 is 0 Å². The Morgan fingerprint density at radius 1 is 1.33 bits per heavy atom. The quantitative estimate of drug-likeness (QED) is 0.899. The number of rotatable bonds is 2. The first-order valence-corrected chi connectivity index (χ1v) is 8.65. The molecule has 0 aliphatic carbocycles. The molecular weight excluding hydrogens is 302 g/mol. The van der Waals surface area contributed by atoms with Crippen molar-refractivity contribution in [2.24, 2.45) is 5.41 Å². The predicted molar refractivity (Wildman–Crippen MR) is 91.0 cm³/mol. The highest BCUT2D eigenvalue weighted by Gasteiger charge is 2.42. The Morgan fingerprint density at radius 3 is 2.58 bits per heavy atom. The summed E-state index contributed by atoms with van der Waals surface area (Å²) in [7, 11) is 0. The number of hydrogen-bond donors (Lipinski definition) is 1. The molecule has 0 saturated carbocycles. The minimum atomic E-state index is -0.396. The van der Waals surface area contributed by atoms with Crippen molar-refractivity contribution in [2.75, 3.05) is 26.2 Å². The van der Waals surface area contributed by atoms with Gasteiger partial charge in [-0.1, -0.05) is 12.1 Å². The zero-order valence-corrected chi connectivity index (χ0v) is 14.2. The van der Waals surface area contributed by atoms with Gasteiger partial charge in [0, 0.05) is 26.6 Å². The van der Waals surface area contributed by atoms with Crippen LogP contribution >= 0.6 is 0 Å². The van der Waals surface area contributed by atoms with Crippen LogP contribution in [0, 0.1) is 16.7 Å². The van der Waals surface area contributed by atoms with Crippen molar-refractivity contribution in [1.82, 2.24) is 9.80 Å². The number of nitriles is 1. The average Bonchev–Trinajstić information content (AvgIpc) is 2.57. The highest BCUT2D eigenvalue weighted by molar-refractivity contribution is 5.73. The SMILES string of the molecule is CC(=O)N1CC(O)CC2(CCN(Cc3ccc(C#N)cc3)CC2)C1. The topological polar surface area (TPSA) is 67.6 Å². The fourth-order valence-electron chi connectivity index (χ4n) is 4.08. The first-order chi connectivity index (χ1) is 11.5. The summed E-state index contributed by atoms with van der Waals surface area (Å²) in [6.07, 6.45) is 2.45. The molecule has 5 nitrogen and oxygen atoms in total. The first-order valence-electron chi connectivity index (χ1n) is 8.65. The van der Waals surface area contributed by atoms with Gasteiger partial charge in [-0.3, -0.25) is 9.69 Å². The highest BCUT2D eigenvalue weighted by atomic mass is 16.3. The fourth-order valence-corrected chi connectivity index (χ4v) is 4.08. The van der Waals surface area contributed by atoms with Crippen LogP contribution < -0.4 is 0 Å². The summed E-state index contributed by atoms with van der Waals surface area (Å²) >= 11 is 0.